The fraction of sp³-hybridized carbons (Fsp3) is 0.200. The second kappa shape index (κ2) is 9.17. The van der Waals surface area contributed by atoms with E-state index >= 15 is 0 Å². The maximum Gasteiger partial charge on any atom is 0.276 e. The van der Waals surface area contributed by atoms with Gasteiger partial charge in [0, 0.05) is 11.1 Å². The van der Waals surface area contributed by atoms with E-state index < -0.39 is 10.0 Å². The van der Waals surface area contributed by atoms with Crippen LogP contribution in [0.5, 0.6) is 0 Å². The van der Waals surface area contributed by atoms with Crippen molar-refractivity contribution in [2.75, 3.05) is 12.4 Å². The Bertz CT molecular complexity index is 1390. The molecule has 8 heteroatoms. The van der Waals surface area contributed by atoms with Crippen molar-refractivity contribution in [3.8, 4) is 0 Å². The molecular weight excluding hydrogens is 436 g/mol. The molecule has 33 heavy (non-hydrogen) atoms. The Morgan fingerprint density at radius 2 is 1.64 bits per heavy atom. The minimum absolute atomic E-state index is 0.197. The maximum atomic E-state index is 13.0. The van der Waals surface area contributed by atoms with E-state index in [9.17, 15) is 13.2 Å². The van der Waals surface area contributed by atoms with E-state index in [0.29, 0.717) is 23.8 Å². The monoisotopic (exact) mass is 462 g/mol. The topological polar surface area (TPSA) is 93.1 Å². The lowest BCUT2D eigenvalue weighted by atomic mass is 10.0. The number of carbonyl (C=O) groups excluding carboxylic acids is 1. The number of nitrogens with one attached hydrogen (secondary N) is 2. The van der Waals surface area contributed by atoms with E-state index in [0.717, 1.165) is 16.5 Å². The quantitative estimate of drug-likeness (QED) is 0.427. The van der Waals surface area contributed by atoms with Crippen LogP contribution in [0, 0.1) is 0 Å². The van der Waals surface area contributed by atoms with Crippen molar-refractivity contribution in [1.82, 2.24) is 14.5 Å². The highest BCUT2D eigenvalue weighted by Gasteiger charge is 2.18. The van der Waals surface area contributed by atoms with Gasteiger partial charge in [0.15, 0.2) is 5.69 Å². The summed E-state index contributed by atoms with van der Waals surface area (Å²) in [6.45, 7) is 4.65. The molecule has 2 N–H and O–H groups in total. The largest absolute Gasteiger partial charge is 0.321 e. The maximum absolute atomic E-state index is 13.0. The molecule has 1 aromatic heterocycles. The molecule has 4 rings (SSSR count). The smallest absolute Gasteiger partial charge is 0.276 e. The SMILES string of the molecule is CNS(=O)(=O)c1ccc(Cn2nc(C(=O)Nc3ccc(C(C)C)cc3)c3ccccc32)cc1. The number of amides is 1. The number of hydrogen-bond acceptors (Lipinski definition) is 4. The average Bonchev–Trinajstić information content (AvgIpc) is 3.18. The fourth-order valence-corrected chi connectivity index (χ4v) is 4.35. The first kappa shape index (κ1) is 22.7. The Morgan fingerprint density at radius 3 is 2.27 bits per heavy atom. The Balaban J connectivity index is 1.60. The fourth-order valence-electron chi connectivity index (χ4n) is 3.62. The zero-order valence-corrected chi connectivity index (χ0v) is 19.6. The summed E-state index contributed by atoms with van der Waals surface area (Å²) in [6, 6.07) is 22.0. The number of aromatic nitrogens is 2. The second-order valence-electron chi connectivity index (χ2n) is 8.11. The molecule has 0 atom stereocenters. The third kappa shape index (κ3) is 4.81. The Labute approximate surface area is 193 Å². The minimum atomic E-state index is -3.49. The Hall–Kier alpha value is -3.49. The summed E-state index contributed by atoms with van der Waals surface area (Å²) in [5.74, 6) is 0.138. The van der Waals surface area contributed by atoms with Gasteiger partial charge in [-0.15, -0.1) is 0 Å². The first-order valence-corrected chi connectivity index (χ1v) is 12.2. The third-order valence-corrected chi connectivity index (χ3v) is 6.97. The highest BCUT2D eigenvalue weighted by atomic mass is 32.2. The number of sulfonamides is 1. The molecule has 0 saturated heterocycles. The summed E-state index contributed by atoms with van der Waals surface area (Å²) >= 11 is 0. The van der Waals surface area contributed by atoms with Crippen LogP contribution in [0.2, 0.25) is 0 Å². The molecule has 0 saturated carbocycles. The number of benzene rings is 3. The van der Waals surface area contributed by atoms with Crippen LogP contribution in [0.1, 0.15) is 41.4 Å². The van der Waals surface area contributed by atoms with Crippen LogP contribution in [-0.2, 0) is 16.6 Å². The van der Waals surface area contributed by atoms with Crippen LogP contribution in [0.4, 0.5) is 5.69 Å². The summed E-state index contributed by atoms with van der Waals surface area (Å²) in [6.07, 6.45) is 0. The molecular formula is C25H26N4O3S. The van der Waals surface area contributed by atoms with Gasteiger partial charge in [-0.1, -0.05) is 56.3 Å². The summed E-state index contributed by atoms with van der Waals surface area (Å²) in [5.41, 5.74) is 3.95. The van der Waals surface area contributed by atoms with Crippen LogP contribution < -0.4 is 10.0 Å². The molecule has 3 aromatic carbocycles. The van der Waals surface area contributed by atoms with E-state index in [4.69, 9.17) is 0 Å². The molecule has 0 spiro atoms. The van der Waals surface area contributed by atoms with Crippen molar-refractivity contribution in [3.63, 3.8) is 0 Å². The zero-order valence-electron chi connectivity index (χ0n) is 18.7. The van der Waals surface area contributed by atoms with E-state index in [2.05, 4.69) is 29.0 Å². The van der Waals surface area contributed by atoms with Crippen LogP contribution in [0.25, 0.3) is 10.9 Å². The third-order valence-electron chi connectivity index (χ3n) is 5.54. The molecule has 0 aliphatic heterocycles. The first-order valence-electron chi connectivity index (χ1n) is 10.7. The van der Waals surface area contributed by atoms with Crippen LogP contribution in [0.3, 0.4) is 0 Å². The van der Waals surface area contributed by atoms with Gasteiger partial charge in [-0.2, -0.15) is 5.10 Å². The van der Waals surface area contributed by atoms with Crippen molar-refractivity contribution < 1.29 is 13.2 Å². The van der Waals surface area contributed by atoms with Crippen LogP contribution >= 0.6 is 0 Å². The summed E-state index contributed by atoms with van der Waals surface area (Å²) in [4.78, 5) is 13.2. The number of nitrogens with zero attached hydrogens (tertiary/aromatic N) is 2. The lowest BCUT2D eigenvalue weighted by Crippen LogP contribution is -2.18. The molecule has 0 bridgehead atoms. The van der Waals surface area contributed by atoms with Gasteiger partial charge >= 0.3 is 0 Å². The molecule has 0 fully saturated rings. The van der Waals surface area contributed by atoms with E-state index in [1.165, 1.54) is 12.6 Å². The van der Waals surface area contributed by atoms with Gasteiger partial charge in [0.1, 0.15) is 0 Å². The van der Waals surface area contributed by atoms with Gasteiger partial charge in [-0.25, -0.2) is 13.1 Å². The van der Waals surface area contributed by atoms with Crippen molar-refractivity contribution in [1.29, 1.82) is 0 Å². The van der Waals surface area contributed by atoms with Crippen LogP contribution in [0.15, 0.2) is 77.7 Å². The number of para-hydroxylation sites is 1. The summed E-state index contributed by atoms with van der Waals surface area (Å²) in [7, 11) is -2.11. The minimum Gasteiger partial charge on any atom is -0.321 e. The van der Waals surface area contributed by atoms with E-state index in [1.54, 1.807) is 28.9 Å². The number of carbonyl (C=O) groups is 1. The van der Waals surface area contributed by atoms with Crippen molar-refractivity contribution in [3.05, 3.63) is 89.6 Å². The second-order valence-corrected chi connectivity index (χ2v) is 9.99. The number of anilines is 1. The molecule has 4 aromatic rings. The first-order chi connectivity index (χ1) is 15.8. The van der Waals surface area contributed by atoms with Crippen LogP contribution in [-0.4, -0.2) is 31.2 Å². The lowest BCUT2D eigenvalue weighted by Gasteiger charge is -2.08. The average molecular weight is 463 g/mol. The van der Waals surface area contributed by atoms with E-state index in [1.807, 2.05) is 48.5 Å². The predicted octanol–water partition coefficient (Wildman–Crippen LogP) is 4.37. The Kier molecular flexibility index (Phi) is 6.31. The molecule has 7 nitrogen and oxygen atoms in total. The highest BCUT2D eigenvalue weighted by Crippen LogP contribution is 2.22. The van der Waals surface area contributed by atoms with Gasteiger partial charge in [0.2, 0.25) is 10.0 Å². The summed E-state index contributed by atoms with van der Waals surface area (Å²) in [5, 5.41) is 8.28. The zero-order chi connectivity index (χ0) is 23.6. The van der Waals surface area contributed by atoms with Gasteiger partial charge in [0.25, 0.3) is 5.91 Å². The number of rotatable bonds is 7. The normalized spacial score (nSPS) is 11.8. The molecule has 0 unspecified atom stereocenters. The molecule has 0 aliphatic carbocycles. The number of hydrogen-bond donors (Lipinski definition) is 2. The van der Waals surface area contributed by atoms with Gasteiger partial charge in [0.05, 0.1) is 17.0 Å². The Morgan fingerprint density at radius 1 is 0.970 bits per heavy atom. The highest BCUT2D eigenvalue weighted by molar-refractivity contribution is 7.89. The van der Waals surface area contributed by atoms with Crippen molar-refractivity contribution >= 4 is 32.5 Å². The van der Waals surface area contributed by atoms with Crippen molar-refractivity contribution in [2.24, 2.45) is 0 Å². The van der Waals surface area contributed by atoms with E-state index in [-0.39, 0.29) is 10.8 Å². The molecule has 0 radical (unpaired) electrons. The van der Waals surface area contributed by atoms with Gasteiger partial charge < -0.3 is 5.32 Å². The van der Waals surface area contributed by atoms with Crippen molar-refractivity contribution in [2.45, 2.75) is 31.2 Å². The standard InChI is InChI=1S/C25H26N4O3S/c1-17(2)19-10-12-20(13-11-19)27-25(30)24-22-6-4-5-7-23(22)29(28-24)16-18-8-14-21(15-9-18)33(31,32)26-3/h4-15,17,26H,16H2,1-3H3,(H,27,30). The number of fused-ring (bicyclic) bond motifs is 1. The molecule has 0 aliphatic rings. The van der Waals surface area contributed by atoms with Gasteiger partial charge in [-0.05, 0) is 54.4 Å². The molecule has 1 heterocycles. The summed E-state index contributed by atoms with van der Waals surface area (Å²) < 4.78 is 28.0. The van der Waals surface area contributed by atoms with Gasteiger partial charge in [-0.3, -0.25) is 9.48 Å². The molecule has 1 amide bonds. The lowest BCUT2D eigenvalue weighted by molar-refractivity contribution is 0.102. The molecule has 170 valence electrons. The predicted molar refractivity (Wildman–Crippen MR) is 130 cm³/mol.